The molecule has 3 heterocycles. The lowest BCUT2D eigenvalue weighted by Gasteiger charge is -2.13. The number of aliphatic hydroxyl groups is 2. The van der Waals surface area contributed by atoms with Gasteiger partial charge in [-0.2, -0.15) is 0 Å². The van der Waals surface area contributed by atoms with Crippen LogP contribution in [0.1, 0.15) is 39.7 Å². The summed E-state index contributed by atoms with van der Waals surface area (Å²) in [5.74, 6) is 3.29. The molecule has 2 aromatic rings. The number of rotatable bonds is 2. The summed E-state index contributed by atoms with van der Waals surface area (Å²) in [4.78, 5) is 30.2. The van der Waals surface area contributed by atoms with Crippen LogP contribution in [-0.4, -0.2) is 64.4 Å². The summed E-state index contributed by atoms with van der Waals surface area (Å²) < 4.78 is 25.2. The van der Waals surface area contributed by atoms with Gasteiger partial charge in [0, 0.05) is 31.6 Å². The Labute approximate surface area is 181 Å². The first-order chi connectivity index (χ1) is 14.7. The molecule has 0 bridgehead atoms. The van der Waals surface area contributed by atoms with Crippen molar-refractivity contribution >= 4 is 23.2 Å². The monoisotopic (exact) mass is 446 g/mol. The summed E-state index contributed by atoms with van der Waals surface area (Å²) in [6, 6.07) is 2.48. The Morgan fingerprint density at radius 3 is 2.97 bits per heavy atom. The Morgan fingerprint density at radius 2 is 2.29 bits per heavy atom. The molecular formula is C21H19FN2O6S. The van der Waals surface area contributed by atoms with Gasteiger partial charge in [0.15, 0.2) is 0 Å². The van der Waals surface area contributed by atoms with Crippen LogP contribution in [0.25, 0.3) is 11.3 Å². The molecule has 10 heteroatoms. The van der Waals surface area contributed by atoms with Crippen molar-refractivity contribution in [3.63, 3.8) is 0 Å². The van der Waals surface area contributed by atoms with Gasteiger partial charge < -0.3 is 24.6 Å². The van der Waals surface area contributed by atoms with Gasteiger partial charge in [0.25, 0.3) is 5.91 Å². The fourth-order valence-electron chi connectivity index (χ4n) is 3.37. The highest BCUT2D eigenvalue weighted by Crippen LogP contribution is 2.42. The number of esters is 1. The second-order valence-electron chi connectivity index (χ2n) is 7.19. The normalized spacial score (nSPS) is 22.0. The van der Waals surface area contributed by atoms with Gasteiger partial charge in [0.2, 0.25) is 10.6 Å². The molecular weight excluding hydrogens is 427 g/mol. The Morgan fingerprint density at radius 1 is 1.52 bits per heavy atom. The van der Waals surface area contributed by atoms with Crippen molar-refractivity contribution in [2.45, 2.75) is 25.0 Å². The number of thiazole rings is 1. The van der Waals surface area contributed by atoms with Crippen LogP contribution in [0.15, 0.2) is 12.1 Å². The summed E-state index contributed by atoms with van der Waals surface area (Å²) in [5.41, 5.74) is -1.34. The topological polar surface area (TPSA) is 109 Å². The zero-order chi connectivity index (χ0) is 22.3. The Hall–Kier alpha value is -3.00. The Kier molecular flexibility index (Phi) is 5.43. The molecule has 2 aliphatic rings. The van der Waals surface area contributed by atoms with E-state index in [1.807, 2.05) is 0 Å². The van der Waals surface area contributed by atoms with Gasteiger partial charge >= 0.3 is 5.97 Å². The summed E-state index contributed by atoms with van der Waals surface area (Å²) in [6.07, 6.45) is -0.941. The van der Waals surface area contributed by atoms with Crippen LogP contribution in [0, 0.1) is 17.7 Å². The van der Waals surface area contributed by atoms with Crippen molar-refractivity contribution in [2.75, 3.05) is 26.8 Å². The fraction of sp³-hybridized carbons (Fsp3) is 0.381. The third kappa shape index (κ3) is 3.76. The summed E-state index contributed by atoms with van der Waals surface area (Å²) in [7, 11) is 1.55. The number of nitrogens with zero attached hydrogens (tertiary/aromatic N) is 2. The first kappa shape index (κ1) is 21.2. The summed E-state index contributed by atoms with van der Waals surface area (Å²) in [6.45, 7) is 2.05. The van der Waals surface area contributed by atoms with Crippen molar-refractivity contribution in [1.29, 1.82) is 0 Å². The second-order valence-corrected chi connectivity index (χ2v) is 8.22. The Bertz CT molecular complexity index is 1140. The molecule has 0 aliphatic carbocycles. The van der Waals surface area contributed by atoms with E-state index in [0.717, 1.165) is 17.4 Å². The molecule has 1 aromatic heterocycles. The van der Waals surface area contributed by atoms with Gasteiger partial charge in [-0.15, -0.1) is 11.3 Å². The Balaban J connectivity index is 1.79. The minimum absolute atomic E-state index is 0.0598. The van der Waals surface area contributed by atoms with Crippen LogP contribution >= 0.6 is 11.3 Å². The molecule has 1 fully saturated rings. The van der Waals surface area contributed by atoms with Gasteiger partial charge in [-0.25, -0.2) is 14.2 Å². The van der Waals surface area contributed by atoms with E-state index in [4.69, 9.17) is 9.47 Å². The molecule has 0 spiro atoms. The maximum atomic E-state index is 14.7. The average Bonchev–Trinajstić information content (AvgIpc) is 3.26. The summed E-state index contributed by atoms with van der Waals surface area (Å²) >= 11 is 0.976. The predicted octanol–water partition coefficient (Wildman–Crippen LogP) is 1.50. The SMILES string of the molecule is CCOC(=O)c1nc2c(s1)C(O)COc1cc(F)c(C#C[C@]3(O)CCN(C)C3=O)cc1-2. The highest BCUT2D eigenvalue weighted by Gasteiger charge is 2.42. The molecule has 162 valence electrons. The van der Waals surface area contributed by atoms with Crippen molar-refractivity contribution in [3.05, 3.63) is 33.4 Å². The van der Waals surface area contributed by atoms with Gasteiger partial charge in [-0.05, 0) is 13.0 Å². The van der Waals surface area contributed by atoms with Crippen molar-refractivity contribution in [3.8, 4) is 28.8 Å². The van der Waals surface area contributed by atoms with Crippen molar-refractivity contribution in [2.24, 2.45) is 0 Å². The fourth-order valence-corrected chi connectivity index (χ4v) is 4.31. The first-order valence-corrected chi connectivity index (χ1v) is 10.4. The first-order valence-electron chi connectivity index (χ1n) is 9.57. The van der Waals surface area contributed by atoms with E-state index in [0.29, 0.717) is 17.0 Å². The van der Waals surface area contributed by atoms with Crippen LogP contribution in [-0.2, 0) is 9.53 Å². The average molecular weight is 446 g/mol. The molecule has 2 atom stereocenters. The quantitative estimate of drug-likeness (QED) is 0.532. The standard InChI is InChI=1S/C21H19FN2O6S/c1-3-29-19(26)18-23-16-12-8-11(4-5-21(28)6-7-24(2)20(21)27)13(22)9-15(12)30-10-14(25)17(16)31-18/h8-9,14,25,28H,3,6-7,10H2,1-2H3/t14?,21-/m0/s1. The number of carbonyl (C=O) groups is 2. The van der Waals surface area contributed by atoms with E-state index in [1.165, 1.54) is 11.0 Å². The molecule has 1 amide bonds. The number of likely N-dealkylation sites (N-methyl/N-ethyl adjacent to an activating group) is 1. The largest absolute Gasteiger partial charge is 0.490 e. The number of aromatic nitrogens is 1. The van der Waals surface area contributed by atoms with Crippen molar-refractivity contribution < 1.29 is 33.7 Å². The van der Waals surface area contributed by atoms with Gasteiger partial charge in [-0.1, -0.05) is 11.8 Å². The molecule has 4 rings (SSSR count). The lowest BCUT2D eigenvalue weighted by atomic mass is 10.0. The number of hydrogen-bond acceptors (Lipinski definition) is 8. The van der Waals surface area contributed by atoms with E-state index < -0.39 is 29.4 Å². The number of benzene rings is 1. The van der Waals surface area contributed by atoms with E-state index in [2.05, 4.69) is 16.8 Å². The number of carbonyl (C=O) groups excluding carboxylic acids is 2. The maximum Gasteiger partial charge on any atom is 0.367 e. The number of hydrogen-bond donors (Lipinski definition) is 2. The van der Waals surface area contributed by atoms with Gasteiger partial charge in [-0.3, -0.25) is 4.79 Å². The van der Waals surface area contributed by atoms with Crippen LogP contribution in [0.3, 0.4) is 0 Å². The van der Waals surface area contributed by atoms with Crippen molar-refractivity contribution in [1.82, 2.24) is 9.88 Å². The number of likely N-dealkylation sites (tertiary alicyclic amines) is 1. The van der Waals surface area contributed by atoms with Crippen LogP contribution < -0.4 is 4.74 Å². The van der Waals surface area contributed by atoms with E-state index in [1.54, 1.807) is 14.0 Å². The third-order valence-corrected chi connectivity index (χ3v) is 6.18. The number of ether oxygens (including phenoxy) is 2. The van der Waals surface area contributed by atoms with Gasteiger partial charge in [0.1, 0.15) is 24.3 Å². The maximum absolute atomic E-state index is 14.7. The van der Waals surface area contributed by atoms with E-state index >= 15 is 0 Å². The minimum atomic E-state index is -1.87. The van der Waals surface area contributed by atoms with E-state index in [9.17, 15) is 24.2 Å². The number of aliphatic hydroxyl groups excluding tert-OH is 1. The van der Waals surface area contributed by atoms with Crippen LogP contribution in [0.2, 0.25) is 0 Å². The molecule has 2 N–H and O–H groups in total. The molecule has 1 saturated heterocycles. The molecule has 1 unspecified atom stereocenters. The van der Waals surface area contributed by atoms with Crippen LogP contribution in [0.5, 0.6) is 5.75 Å². The van der Waals surface area contributed by atoms with Crippen LogP contribution in [0.4, 0.5) is 4.39 Å². The molecule has 8 nitrogen and oxygen atoms in total. The molecule has 0 saturated carbocycles. The molecule has 2 aliphatic heterocycles. The highest BCUT2D eigenvalue weighted by molar-refractivity contribution is 7.14. The zero-order valence-electron chi connectivity index (χ0n) is 16.8. The number of fused-ring (bicyclic) bond motifs is 3. The predicted molar refractivity (Wildman–Crippen MR) is 108 cm³/mol. The zero-order valence-corrected chi connectivity index (χ0v) is 17.6. The lowest BCUT2D eigenvalue weighted by Crippen LogP contribution is -2.37. The minimum Gasteiger partial charge on any atom is -0.490 e. The molecule has 0 radical (unpaired) electrons. The second kappa shape index (κ2) is 7.92. The lowest BCUT2D eigenvalue weighted by molar-refractivity contribution is -0.137. The number of halogens is 1. The van der Waals surface area contributed by atoms with E-state index in [-0.39, 0.29) is 41.6 Å². The smallest absolute Gasteiger partial charge is 0.367 e. The summed E-state index contributed by atoms with van der Waals surface area (Å²) in [5, 5.41) is 20.9. The molecule has 31 heavy (non-hydrogen) atoms. The molecule has 1 aromatic carbocycles. The number of amides is 1. The third-order valence-electron chi connectivity index (χ3n) is 5.04. The van der Waals surface area contributed by atoms with Gasteiger partial charge in [0.05, 0.1) is 22.7 Å². The highest BCUT2D eigenvalue weighted by atomic mass is 32.1.